The molecule has 0 spiro atoms. The van der Waals surface area contributed by atoms with Gasteiger partial charge in [-0.3, -0.25) is 14.8 Å². The van der Waals surface area contributed by atoms with Crippen molar-refractivity contribution in [3.05, 3.63) is 75.0 Å². The maximum atomic E-state index is 12.7. The van der Waals surface area contributed by atoms with E-state index in [2.05, 4.69) is 25.8 Å². The number of sulfonamides is 1. The summed E-state index contributed by atoms with van der Waals surface area (Å²) in [7, 11) is -4.02. The largest absolute Gasteiger partial charge is 0.277 e. The summed E-state index contributed by atoms with van der Waals surface area (Å²) in [5.74, 6) is 0. The Morgan fingerprint density at radius 3 is 2.62 bits per heavy atom. The number of halogens is 1. The summed E-state index contributed by atoms with van der Waals surface area (Å²) < 4.78 is 30.1. The van der Waals surface area contributed by atoms with E-state index < -0.39 is 14.9 Å². The Kier molecular flexibility index (Phi) is 4.79. The number of hydrogen-bond acceptors (Lipinski definition) is 5. The lowest BCUT2D eigenvalue weighted by Gasteiger charge is -2.12. The SMILES string of the molecule is Cc1ccc(S(=O)(=O)Nc2ccccc2-n2cc(Br)cn2)cc1[N+](=O)[O-]. The normalized spacial score (nSPS) is 11.3. The smallest absolute Gasteiger partial charge is 0.273 e. The average molecular weight is 437 g/mol. The lowest BCUT2D eigenvalue weighted by atomic mass is 10.2. The summed E-state index contributed by atoms with van der Waals surface area (Å²) in [5.41, 5.74) is 0.947. The molecule has 26 heavy (non-hydrogen) atoms. The Bertz CT molecular complexity index is 1100. The summed E-state index contributed by atoms with van der Waals surface area (Å²) in [4.78, 5) is 10.3. The van der Waals surface area contributed by atoms with Gasteiger partial charge in [0, 0.05) is 17.8 Å². The Morgan fingerprint density at radius 1 is 1.23 bits per heavy atom. The molecule has 1 heterocycles. The molecule has 0 radical (unpaired) electrons. The molecule has 0 aliphatic rings. The molecular weight excluding hydrogens is 424 g/mol. The monoisotopic (exact) mass is 436 g/mol. The van der Waals surface area contributed by atoms with Crippen molar-refractivity contribution in [1.82, 2.24) is 9.78 Å². The molecular formula is C16H13BrN4O4S. The third-order valence-electron chi connectivity index (χ3n) is 3.63. The molecule has 0 fully saturated rings. The van der Waals surface area contributed by atoms with Gasteiger partial charge in [0.25, 0.3) is 15.7 Å². The quantitative estimate of drug-likeness (QED) is 0.484. The number of anilines is 1. The second-order valence-electron chi connectivity index (χ2n) is 5.43. The van der Waals surface area contributed by atoms with Gasteiger partial charge in [-0.05, 0) is 41.1 Å². The van der Waals surface area contributed by atoms with Crippen molar-refractivity contribution in [2.45, 2.75) is 11.8 Å². The van der Waals surface area contributed by atoms with Gasteiger partial charge in [-0.15, -0.1) is 0 Å². The van der Waals surface area contributed by atoms with Crippen LogP contribution >= 0.6 is 15.9 Å². The van der Waals surface area contributed by atoms with Crippen LogP contribution in [0, 0.1) is 17.0 Å². The van der Waals surface area contributed by atoms with Crippen LogP contribution in [0.25, 0.3) is 5.69 Å². The fourth-order valence-electron chi connectivity index (χ4n) is 2.35. The van der Waals surface area contributed by atoms with E-state index in [9.17, 15) is 18.5 Å². The van der Waals surface area contributed by atoms with Crippen LogP contribution in [-0.2, 0) is 10.0 Å². The number of hydrogen-bond donors (Lipinski definition) is 1. The van der Waals surface area contributed by atoms with Crippen LogP contribution in [0.15, 0.2) is 64.2 Å². The van der Waals surface area contributed by atoms with Crippen molar-refractivity contribution in [3.63, 3.8) is 0 Å². The zero-order chi connectivity index (χ0) is 18.9. The standard InChI is InChI=1S/C16H13BrN4O4S/c1-11-6-7-13(8-16(11)21(22)23)26(24,25)19-14-4-2-3-5-15(14)20-10-12(17)9-18-20/h2-10,19H,1H3. The molecule has 0 amide bonds. The fourth-order valence-corrected chi connectivity index (χ4v) is 3.73. The molecule has 3 aromatic rings. The number of nitro benzene ring substituents is 1. The number of aryl methyl sites for hydroxylation is 1. The minimum atomic E-state index is -4.02. The molecule has 1 N–H and O–H groups in total. The Labute approximate surface area is 157 Å². The number of para-hydroxylation sites is 2. The van der Waals surface area contributed by atoms with Crippen LogP contribution in [0.5, 0.6) is 0 Å². The molecule has 3 rings (SSSR count). The van der Waals surface area contributed by atoms with Crippen molar-refractivity contribution in [1.29, 1.82) is 0 Å². The molecule has 1 aromatic heterocycles. The van der Waals surface area contributed by atoms with E-state index in [0.29, 0.717) is 16.9 Å². The summed E-state index contributed by atoms with van der Waals surface area (Å²) in [6.07, 6.45) is 3.26. The Morgan fingerprint density at radius 2 is 1.96 bits per heavy atom. The van der Waals surface area contributed by atoms with Gasteiger partial charge in [0.1, 0.15) is 0 Å². The highest BCUT2D eigenvalue weighted by atomic mass is 79.9. The zero-order valence-corrected chi connectivity index (χ0v) is 15.9. The highest BCUT2D eigenvalue weighted by Crippen LogP contribution is 2.27. The summed E-state index contributed by atoms with van der Waals surface area (Å²) in [5, 5.41) is 15.2. The van der Waals surface area contributed by atoms with E-state index in [-0.39, 0.29) is 10.6 Å². The number of nitro groups is 1. The first-order valence-corrected chi connectivity index (χ1v) is 9.63. The van der Waals surface area contributed by atoms with E-state index in [1.165, 1.54) is 16.8 Å². The van der Waals surface area contributed by atoms with Gasteiger partial charge < -0.3 is 0 Å². The van der Waals surface area contributed by atoms with E-state index in [4.69, 9.17) is 0 Å². The molecule has 0 saturated carbocycles. The first-order chi connectivity index (χ1) is 12.3. The molecule has 134 valence electrons. The number of aromatic nitrogens is 2. The lowest BCUT2D eigenvalue weighted by Crippen LogP contribution is -2.15. The third-order valence-corrected chi connectivity index (χ3v) is 5.41. The van der Waals surface area contributed by atoms with E-state index >= 15 is 0 Å². The van der Waals surface area contributed by atoms with E-state index in [1.807, 2.05) is 0 Å². The fraction of sp³-hybridized carbons (Fsp3) is 0.0625. The summed E-state index contributed by atoms with van der Waals surface area (Å²) in [6, 6.07) is 10.5. The first kappa shape index (κ1) is 18.1. The molecule has 0 saturated heterocycles. The van der Waals surface area contributed by atoms with Crippen LogP contribution in [-0.4, -0.2) is 23.1 Å². The van der Waals surface area contributed by atoms with Gasteiger partial charge in [-0.25, -0.2) is 13.1 Å². The average Bonchev–Trinajstić information content (AvgIpc) is 3.01. The van der Waals surface area contributed by atoms with Crippen LogP contribution in [0.2, 0.25) is 0 Å². The minimum Gasteiger partial charge on any atom is -0.277 e. The van der Waals surface area contributed by atoms with Gasteiger partial charge in [-0.1, -0.05) is 18.2 Å². The van der Waals surface area contributed by atoms with Crippen molar-refractivity contribution in [3.8, 4) is 5.69 Å². The maximum absolute atomic E-state index is 12.7. The molecule has 8 nitrogen and oxygen atoms in total. The van der Waals surface area contributed by atoms with Crippen molar-refractivity contribution in [2.75, 3.05) is 4.72 Å². The number of rotatable bonds is 5. The molecule has 0 aliphatic heterocycles. The van der Waals surface area contributed by atoms with Crippen molar-refractivity contribution < 1.29 is 13.3 Å². The number of benzene rings is 2. The highest BCUT2D eigenvalue weighted by Gasteiger charge is 2.21. The van der Waals surface area contributed by atoms with E-state index in [0.717, 1.165) is 10.5 Å². The zero-order valence-electron chi connectivity index (χ0n) is 13.5. The maximum Gasteiger partial charge on any atom is 0.273 e. The van der Waals surface area contributed by atoms with Crippen LogP contribution in [0.1, 0.15) is 5.56 Å². The van der Waals surface area contributed by atoms with Crippen LogP contribution in [0.4, 0.5) is 11.4 Å². The Balaban J connectivity index is 2.02. The van der Waals surface area contributed by atoms with Gasteiger partial charge in [0.2, 0.25) is 0 Å². The lowest BCUT2D eigenvalue weighted by molar-refractivity contribution is -0.385. The number of nitrogens with one attached hydrogen (secondary N) is 1. The molecule has 0 atom stereocenters. The van der Waals surface area contributed by atoms with Crippen LogP contribution < -0.4 is 4.72 Å². The van der Waals surface area contributed by atoms with Crippen molar-refractivity contribution >= 4 is 37.3 Å². The first-order valence-electron chi connectivity index (χ1n) is 7.35. The van der Waals surface area contributed by atoms with Gasteiger partial charge in [0.05, 0.1) is 31.9 Å². The highest BCUT2D eigenvalue weighted by molar-refractivity contribution is 9.10. The second-order valence-corrected chi connectivity index (χ2v) is 8.03. The second kappa shape index (κ2) is 6.89. The van der Waals surface area contributed by atoms with E-state index in [1.54, 1.807) is 43.6 Å². The third kappa shape index (κ3) is 3.60. The summed E-state index contributed by atoms with van der Waals surface area (Å²) in [6.45, 7) is 1.55. The topological polar surface area (TPSA) is 107 Å². The van der Waals surface area contributed by atoms with Crippen molar-refractivity contribution in [2.24, 2.45) is 0 Å². The molecule has 0 unspecified atom stereocenters. The van der Waals surface area contributed by atoms with Gasteiger partial charge in [0.15, 0.2) is 0 Å². The number of nitrogens with zero attached hydrogens (tertiary/aromatic N) is 3. The van der Waals surface area contributed by atoms with Crippen LogP contribution in [0.3, 0.4) is 0 Å². The Hall–Kier alpha value is -2.72. The molecule has 0 bridgehead atoms. The predicted molar refractivity (Wildman–Crippen MR) is 99.9 cm³/mol. The van der Waals surface area contributed by atoms with Gasteiger partial charge >= 0.3 is 0 Å². The molecule has 10 heteroatoms. The molecule has 2 aromatic carbocycles. The minimum absolute atomic E-state index is 0.189. The molecule has 0 aliphatic carbocycles. The van der Waals surface area contributed by atoms with Gasteiger partial charge in [-0.2, -0.15) is 5.10 Å². The predicted octanol–water partition coefficient (Wildman–Crippen LogP) is 3.65. The summed E-state index contributed by atoms with van der Waals surface area (Å²) >= 11 is 3.29.